The molecule has 0 aliphatic carbocycles. The van der Waals surface area contributed by atoms with Gasteiger partial charge in [-0.25, -0.2) is 0 Å². The Morgan fingerprint density at radius 3 is 2.71 bits per heavy atom. The molecule has 0 saturated carbocycles. The number of hydrogen-bond donors (Lipinski definition) is 1. The maximum atomic E-state index is 5.63. The van der Waals surface area contributed by atoms with Crippen molar-refractivity contribution in [3.05, 3.63) is 59.9 Å². The molecule has 1 heterocycles. The molecule has 86 valence electrons. The highest BCUT2D eigenvalue weighted by Crippen LogP contribution is 2.13. The van der Waals surface area contributed by atoms with Crippen LogP contribution in [0.3, 0.4) is 0 Å². The number of benzene rings is 1. The standard InChI is InChI=1S/C13H12N2OS/c14-13(17)12-8-11(6-7-15-12)16-9-10-4-2-1-3-5-10/h1-8H,9H2,(H2,14,17). The van der Waals surface area contributed by atoms with Crippen molar-refractivity contribution >= 4 is 17.2 Å². The second-order valence-corrected chi connectivity index (χ2v) is 3.96. The first-order valence-electron chi connectivity index (χ1n) is 5.18. The van der Waals surface area contributed by atoms with Gasteiger partial charge in [-0.2, -0.15) is 0 Å². The molecule has 2 aromatic rings. The second-order valence-electron chi connectivity index (χ2n) is 3.52. The van der Waals surface area contributed by atoms with Gasteiger partial charge in [0.15, 0.2) is 0 Å². The van der Waals surface area contributed by atoms with E-state index in [2.05, 4.69) is 4.98 Å². The Bertz CT molecular complexity index is 514. The molecule has 1 aromatic carbocycles. The van der Waals surface area contributed by atoms with Crippen molar-refractivity contribution in [2.45, 2.75) is 6.61 Å². The average Bonchev–Trinajstić information content (AvgIpc) is 2.38. The maximum Gasteiger partial charge on any atom is 0.123 e. The van der Waals surface area contributed by atoms with Crippen LogP contribution in [0.5, 0.6) is 5.75 Å². The summed E-state index contributed by atoms with van der Waals surface area (Å²) in [6.07, 6.45) is 1.63. The molecule has 0 saturated heterocycles. The highest BCUT2D eigenvalue weighted by Gasteiger charge is 2.01. The SMILES string of the molecule is NC(=S)c1cc(OCc2ccccc2)ccn1. The van der Waals surface area contributed by atoms with Crippen molar-refractivity contribution in [1.29, 1.82) is 0 Å². The first-order chi connectivity index (χ1) is 8.25. The quantitative estimate of drug-likeness (QED) is 0.838. The molecule has 0 atom stereocenters. The summed E-state index contributed by atoms with van der Waals surface area (Å²) >= 11 is 4.86. The molecule has 0 amide bonds. The van der Waals surface area contributed by atoms with E-state index in [4.69, 9.17) is 22.7 Å². The lowest BCUT2D eigenvalue weighted by molar-refractivity contribution is 0.306. The molecule has 0 aliphatic heterocycles. The third kappa shape index (κ3) is 3.26. The third-order valence-electron chi connectivity index (χ3n) is 2.23. The summed E-state index contributed by atoms with van der Waals surface area (Å²) in [5.74, 6) is 0.714. The lowest BCUT2D eigenvalue weighted by atomic mass is 10.2. The predicted molar refractivity (Wildman–Crippen MR) is 70.9 cm³/mol. The zero-order valence-electron chi connectivity index (χ0n) is 9.17. The molecule has 0 unspecified atom stereocenters. The van der Waals surface area contributed by atoms with E-state index >= 15 is 0 Å². The van der Waals surface area contributed by atoms with E-state index in [1.165, 1.54) is 0 Å². The number of rotatable bonds is 4. The summed E-state index contributed by atoms with van der Waals surface area (Å²) in [7, 11) is 0. The Morgan fingerprint density at radius 1 is 1.24 bits per heavy atom. The minimum atomic E-state index is 0.273. The molecule has 2 N–H and O–H groups in total. The zero-order chi connectivity index (χ0) is 12.1. The minimum Gasteiger partial charge on any atom is -0.489 e. The normalized spacial score (nSPS) is 9.88. The number of ether oxygens (including phenoxy) is 1. The number of aromatic nitrogens is 1. The Kier molecular flexibility index (Phi) is 3.67. The zero-order valence-corrected chi connectivity index (χ0v) is 9.98. The van der Waals surface area contributed by atoms with E-state index in [0.29, 0.717) is 18.1 Å². The van der Waals surface area contributed by atoms with Crippen LogP contribution in [0.15, 0.2) is 48.7 Å². The summed E-state index contributed by atoms with van der Waals surface area (Å²) in [4.78, 5) is 4.32. The monoisotopic (exact) mass is 244 g/mol. The number of pyridine rings is 1. The van der Waals surface area contributed by atoms with Gasteiger partial charge in [0.05, 0.1) is 0 Å². The molecule has 0 radical (unpaired) electrons. The van der Waals surface area contributed by atoms with Crippen LogP contribution in [0.25, 0.3) is 0 Å². The first-order valence-corrected chi connectivity index (χ1v) is 5.59. The van der Waals surface area contributed by atoms with Crippen molar-refractivity contribution in [2.24, 2.45) is 5.73 Å². The van der Waals surface area contributed by atoms with Crippen LogP contribution in [-0.4, -0.2) is 9.97 Å². The summed E-state index contributed by atoms with van der Waals surface area (Å²) in [6, 6.07) is 13.5. The van der Waals surface area contributed by atoms with E-state index < -0.39 is 0 Å². The number of hydrogen-bond acceptors (Lipinski definition) is 3. The van der Waals surface area contributed by atoms with Gasteiger partial charge in [-0.15, -0.1) is 0 Å². The molecule has 3 nitrogen and oxygen atoms in total. The maximum absolute atomic E-state index is 5.63. The molecule has 0 spiro atoms. The number of nitrogens with zero attached hydrogens (tertiary/aromatic N) is 1. The molecular formula is C13H12N2OS. The van der Waals surface area contributed by atoms with Crippen LogP contribution >= 0.6 is 12.2 Å². The molecule has 17 heavy (non-hydrogen) atoms. The van der Waals surface area contributed by atoms with Gasteiger partial charge in [-0.1, -0.05) is 42.5 Å². The summed E-state index contributed by atoms with van der Waals surface area (Å²) in [5, 5.41) is 0. The molecular weight excluding hydrogens is 232 g/mol. The molecule has 4 heteroatoms. The molecule has 0 bridgehead atoms. The van der Waals surface area contributed by atoms with Crippen LogP contribution in [0.4, 0.5) is 0 Å². The summed E-state index contributed by atoms with van der Waals surface area (Å²) in [6.45, 7) is 0.516. The van der Waals surface area contributed by atoms with Gasteiger partial charge in [-0.05, 0) is 11.6 Å². The highest BCUT2D eigenvalue weighted by atomic mass is 32.1. The molecule has 2 rings (SSSR count). The van der Waals surface area contributed by atoms with Crippen LogP contribution < -0.4 is 10.5 Å². The van der Waals surface area contributed by atoms with Crippen LogP contribution in [-0.2, 0) is 6.61 Å². The van der Waals surface area contributed by atoms with Gasteiger partial charge < -0.3 is 10.5 Å². The largest absolute Gasteiger partial charge is 0.489 e. The van der Waals surface area contributed by atoms with Gasteiger partial charge >= 0.3 is 0 Å². The van der Waals surface area contributed by atoms with E-state index in [-0.39, 0.29) is 4.99 Å². The van der Waals surface area contributed by atoms with Crippen LogP contribution in [0.2, 0.25) is 0 Å². The minimum absolute atomic E-state index is 0.273. The van der Waals surface area contributed by atoms with Gasteiger partial charge in [0.2, 0.25) is 0 Å². The lowest BCUT2D eigenvalue weighted by Crippen LogP contribution is -2.11. The number of nitrogens with two attached hydrogens (primary N) is 1. The Balaban J connectivity index is 2.04. The molecule has 1 aromatic heterocycles. The Hall–Kier alpha value is -1.94. The van der Waals surface area contributed by atoms with Crippen molar-refractivity contribution in [1.82, 2.24) is 4.98 Å². The molecule has 0 fully saturated rings. The average molecular weight is 244 g/mol. The van der Waals surface area contributed by atoms with Crippen LogP contribution in [0.1, 0.15) is 11.3 Å². The summed E-state index contributed by atoms with van der Waals surface area (Å²) < 4.78 is 5.63. The van der Waals surface area contributed by atoms with Crippen molar-refractivity contribution in [3.63, 3.8) is 0 Å². The Morgan fingerprint density at radius 2 is 2.00 bits per heavy atom. The van der Waals surface area contributed by atoms with Crippen molar-refractivity contribution < 1.29 is 4.74 Å². The second kappa shape index (κ2) is 5.41. The van der Waals surface area contributed by atoms with Gasteiger partial charge in [-0.3, -0.25) is 4.98 Å². The van der Waals surface area contributed by atoms with Gasteiger partial charge in [0.1, 0.15) is 23.0 Å². The van der Waals surface area contributed by atoms with E-state index in [9.17, 15) is 0 Å². The van der Waals surface area contributed by atoms with E-state index in [0.717, 1.165) is 5.56 Å². The highest BCUT2D eigenvalue weighted by molar-refractivity contribution is 7.80. The fourth-order valence-corrected chi connectivity index (χ4v) is 1.49. The van der Waals surface area contributed by atoms with Gasteiger partial charge in [0, 0.05) is 12.3 Å². The number of thiocarbonyl (C=S) groups is 1. The fourth-order valence-electron chi connectivity index (χ4n) is 1.38. The lowest BCUT2D eigenvalue weighted by Gasteiger charge is -2.07. The summed E-state index contributed by atoms with van der Waals surface area (Å²) in [5.41, 5.74) is 7.19. The predicted octanol–water partition coefficient (Wildman–Crippen LogP) is 2.29. The fraction of sp³-hybridized carbons (Fsp3) is 0.0769. The van der Waals surface area contributed by atoms with E-state index in [1.807, 2.05) is 30.3 Å². The topological polar surface area (TPSA) is 48.1 Å². The third-order valence-corrected chi connectivity index (χ3v) is 2.44. The first kappa shape index (κ1) is 11.5. The van der Waals surface area contributed by atoms with Crippen molar-refractivity contribution in [2.75, 3.05) is 0 Å². The molecule has 0 aliphatic rings. The van der Waals surface area contributed by atoms with Gasteiger partial charge in [0.25, 0.3) is 0 Å². The Labute approximate surface area is 105 Å². The van der Waals surface area contributed by atoms with Crippen LogP contribution in [0, 0.1) is 0 Å². The van der Waals surface area contributed by atoms with Crippen molar-refractivity contribution in [3.8, 4) is 5.75 Å². The van der Waals surface area contributed by atoms with E-state index in [1.54, 1.807) is 18.3 Å². The smallest absolute Gasteiger partial charge is 0.123 e.